The molecule has 0 unspecified atom stereocenters. The van der Waals surface area contributed by atoms with Gasteiger partial charge in [-0.05, 0) is 11.6 Å². The number of nitro groups is 1. The van der Waals surface area contributed by atoms with E-state index in [2.05, 4.69) is 0 Å². The first-order chi connectivity index (χ1) is 7.00. The Kier molecular flexibility index (Phi) is 1.85. The van der Waals surface area contributed by atoms with Gasteiger partial charge in [-0.25, -0.2) is 0 Å². The van der Waals surface area contributed by atoms with Gasteiger partial charge in [0.2, 0.25) is 5.91 Å². The zero-order valence-corrected chi connectivity index (χ0v) is 8.06. The molecule has 1 heterocycles. The first-order valence-corrected chi connectivity index (χ1v) is 4.34. The van der Waals surface area contributed by atoms with E-state index in [1.807, 2.05) is 0 Å². The molecule has 6 heteroatoms. The van der Waals surface area contributed by atoms with Crippen molar-refractivity contribution in [2.24, 2.45) is 0 Å². The molecular weight excluding hydrogens is 198 g/mol. The van der Waals surface area contributed by atoms with Gasteiger partial charge in [0.15, 0.2) is 0 Å². The molecule has 0 atom stereocenters. The second kappa shape index (κ2) is 2.94. The van der Waals surface area contributed by atoms with Crippen LogP contribution in [-0.4, -0.2) is 17.9 Å². The maximum atomic E-state index is 11.3. The van der Waals surface area contributed by atoms with Crippen LogP contribution in [0.4, 0.5) is 17.1 Å². The highest BCUT2D eigenvalue weighted by atomic mass is 16.6. The van der Waals surface area contributed by atoms with E-state index in [0.29, 0.717) is 5.69 Å². The van der Waals surface area contributed by atoms with E-state index in [1.165, 1.54) is 17.0 Å². The Morgan fingerprint density at radius 2 is 2.20 bits per heavy atom. The summed E-state index contributed by atoms with van der Waals surface area (Å²) in [7, 11) is 1.59. The third kappa shape index (κ3) is 1.30. The maximum Gasteiger partial charge on any atom is 0.294 e. The minimum Gasteiger partial charge on any atom is -0.393 e. The molecule has 0 saturated carbocycles. The zero-order valence-electron chi connectivity index (χ0n) is 8.06. The van der Waals surface area contributed by atoms with Gasteiger partial charge in [-0.3, -0.25) is 14.9 Å². The highest BCUT2D eigenvalue weighted by molar-refractivity contribution is 6.02. The van der Waals surface area contributed by atoms with Gasteiger partial charge in [0.25, 0.3) is 5.69 Å². The summed E-state index contributed by atoms with van der Waals surface area (Å²) in [5, 5.41) is 10.6. The van der Waals surface area contributed by atoms with E-state index >= 15 is 0 Å². The minimum atomic E-state index is -0.549. The number of amides is 1. The normalized spacial score (nSPS) is 14.2. The quantitative estimate of drug-likeness (QED) is 0.417. The number of rotatable bonds is 1. The number of nitrogens with two attached hydrogens (primary N) is 1. The van der Waals surface area contributed by atoms with E-state index in [1.54, 1.807) is 7.05 Å². The molecular formula is C9H9N3O3. The van der Waals surface area contributed by atoms with Gasteiger partial charge in [-0.1, -0.05) is 0 Å². The molecule has 2 N–H and O–H groups in total. The Morgan fingerprint density at radius 3 is 2.80 bits per heavy atom. The molecule has 0 fully saturated rings. The molecule has 0 radical (unpaired) electrons. The van der Waals surface area contributed by atoms with Crippen LogP contribution >= 0.6 is 0 Å². The van der Waals surface area contributed by atoms with Crippen LogP contribution < -0.4 is 10.6 Å². The fourth-order valence-electron chi connectivity index (χ4n) is 1.67. The predicted octanol–water partition coefficient (Wildman–Crippen LogP) is 0.696. The van der Waals surface area contributed by atoms with Crippen LogP contribution in [-0.2, 0) is 11.2 Å². The molecule has 0 spiro atoms. The SMILES string of the molecule is CN1C(=O)Cc2cc(N)c([N+](=O)[O-])cc21. The molecule has 0 bridgehead atoms. The fourth-order valence-corrected chi connectivity index (χ4v) is 1.67. The summed E-state index contributed by atoms with van der Waals surface area (Å²) < 4.78 is 0. The average molecular weight is 207 g/mol. The maximum absolute atomic E-state index is 11.3. The van der Waals surface area contributed by atoms with Gasteiger partial charge < -0.3 is 10.6 Å². The molecule has 1 aromatic carbocycles. The van der Waals surface area contributed by atoms with Gasteiger partial charge in [0.1, 0.15) is 5.69 Å². The molecule has 0 saturated heterocycles. The number of benzene rings is 1. The lowest BCUT2D eigenvalue weighted by Crippen LogP contribution is -2.20. The van der Waals surface area contributed by atoms with Crippen molar-refractivity contribution in [3.8, 4) is 0 Å². The zero-order chi connectivity index (χ0) is 11.2. The molecule has 1 amide bonds. The van der Waals surface area contributed by atoms with Crippen LogP contribution in [0.3, 0.4) is 0 Å². The van der Waals surface area contributed by atoms with E-state index < -0.39 is 4.92 Å². The lowest BCUT2D eigenvalue weighted by atomic mass is 10.1. The topological polar surface area (TPSA) is 89.5 Å². The van der Waals surface area contributed by atoms with Crippen molar-refractivity contribution in [2.75, 3.05) is 17.7 Å². The van der Waals surface area contributed by atoms with Gasteiger partial charge in [0, 0.05) is 13.1 Å². The molecule has 6 nitrogen and oxygen atoms in total. The molecule has 0 aliphatic carbocycles. The third-order valence-corrected chi connectivity index (χ3v) is 2.50. The lowest BCUT2D eigenvalue weighted by molar-refractivity contribution is -0.383. The molecule has 1 aliphatic heterocycles. The van der Waals surface area contributed by atoms with Crippen LogP contribution in [0.2, 0.25) is 0 Å². The number of nitrogens with zero attached hydrogens (tertiary/aromatic N) is 2. The number of fused-ring (bicyclic) bond motifs is 1. The smallest absolute Gasteiger partial charge is 0.294 e. The van der Waals surface area contributed by atoms with Gasteiger partial charge in [-0.15, -0.1) is 0 Å². The first-order valence-electron chi connectivity index (χ1n) is 4.34. The van der Waals surface area contributed by atoms with Crippen LogP contribution in [0.5, 0.6) is 0 Å². The largest absolute Gasteiger partial charge is 0.393 e. The molecule has 78 valence electrons. The van der Waals surface area contributed by atoms with E-state index in [0.717, 1.165) is 5.56 Å². The summed E-state index contributed by atoms with van der Waals surface area (Å²) in [4.78, 5) is 22.8. The van der Waals surface area contributed by atoms with Crippen molar-refractivity contribution in [2.45, 2.75) is 6.42 Å². The number of nitro benzene ring substituents is 1. The van der Waals surface area contributed by atoms with E-state index in [-0.39, 0.29) is 23.7 Å². The fraction of sp³-hybridized carbons (Fsp3) is 0.222. The van der Waals surface area contributed by atoms with Crippen LogP contribution in [0.25, 0.3) is 0 Å². The molecule has 2 rings (SSSR count). The van der Waals surface area contributed by atoms with Crippen molar-refractivity contribution < 1.29 is 9.72 Å². The standard InChI is InChI=1S/C9H9N3O3/c1-11-7-4-8(12(14)15)6(10)2-5(7)3-9(11)13/h2,4H,3,10H2,1H3. The van der Waals surface area contributed by atoms with Crippen LogP contribution in [0.1, 0.15) is 5.56 Å². The van der Waals surface area contributed by atoms with Crippen molar-refractivity contribution in [1.29, 1.82) is 0 Å². The Bertz CT molecular complexity index is 470. The Morgan fingerprint density at radius 1 is 1.53 bits per heavy atom. The monoisotopic (exact) mass is 207 g/mol. The van der Waals surface area contributed by atoms with E-state index in [4.69, 9.17) is 5.73 Å². The second-order valence-corrected chi connectivity index (χ2v) is 3.43. The van der Waals surface area contributed by atoms with Crippen LogP contribution in [0, 0.1) is 10.1 Å². The summed E-state index contributed by atoms with van der Waals surface area (Å²) in [6.07, 6.45) is 0.258. The molecule has 0 aromatic heterocycles. The number of carbonyl (C=O) groups excluding carboxylic acids is 1. The number of hydrogen-bond donors (Lipinski definition) is 1. The summed E-state index contributed by atoms with van der Waals surface area (Å²) in [6, 6.07) is 2.84. The third-order valence-electron chi connectivity index (χ3n) is 2.50. The number of anilines is 2. The highest BCUT2D eigenvalue weighted by Gasteiger charge is 2.27. The molecule has 15 heavy (non-hydrogen) atoms. The van der Waals surface area contributed by atoms with Gasteiger partial charge >= 0.3 is 0 Å². The summed E-state index contributed by atoms with van der Waals surface area (Å²) in [5.74, 6) is -0.0788. The average Bonchev–Trinajstić information content (AvgIpc) is 2.41. The predicted molar refractivity (Wildman–Crippen MR) is 54.6 cm³/mol. The number of carbonyl (C=O) groups is 1. The molecule has 1 aliphatic rings. The Labute approximate surface area is 85.4 Å². The first kappa shape index (κ1) is 9.45. The number of likely N-dealkylation sites (N-methyl/N-ethyl adjacent to an activating group) is 1. The van der Waals surface area contributed by atoms with Crippen molar-refractivity contribution in [3.05, 3.63) is 27.8 Å². The van der Waals surface area contributed by atoms with Crippen LogP contribution in [0.15, 0.2) is 12.1 Å². The Hall–Kier alpha value is -2.11. The summed E-state index contributed by atoms with van der Waals surface area (Å²) >= 11 is 0. The molecule has 1 aromatic rings. The summed E-state index contributed by atoms with van der Waals surface area (Å²) in [6.45, 7) is 0. The van der Waals surface area contributed by atoms with Crippen molar-refractivity contribution in [3.63, 3.8) is 0 Å². The summed E-state index contributed by atoms with van der Waals surface area (Å²) in [5.41, 5.74) is 6.77. The highest BCUT2D eigenvalue weighted by Crippen LogP contribution is 2.35. The van der Waals surface area contributed by atoms with E-state index in [9.17, 15) is 14.9 Å². The minimum absolute atomic E-state index is 0.0788. The van der Waals surface area contributed by atoms with Gasteiger partial charge in [-0.2, -0.15) is 0 Å². The lowest BCUT2D eigenvalue weighted by Gasteiger charge is -2.09. The second-order valence-electron chi connectivity index (χ2n) is 3.43. The Balaban J connectivity index is 2.60. The van der Waals surface area contributed by atoms with Crippen molar-refractivity contribution in [1.82, 2.24) is 0 Å². The van der Waals surface area contributed by atoms with Gasteiger partial charge in [0.05, 0.1) is 17.0 Å². The number of nitrogen functional groups attached to an aromatic ring is 1. The number of hydrogen-bond acceptors (Lipinski definition) is 4. The van der Waals surface area contributed by atoms with Crippen molar-refractivity contribution >= 4 is 23.0 Å².